The number of rotatable bonds is 3. The zero-order valence-electron chi connectivity index (χ0n) is 10.8. The molecule has 0 bridgehead atoms. The van der Waals surface area contributed by atoms with Crippen LogP contribution in [-0.4, -0.2) is 35.0 Å². The monoisotopic (exact) mass is 270 g/mol. The Kier molecular flexibility index (Phi) is 2.91. The van der Waals surface area contributed by atoms with Crippen molar-refractivity contribution in [3.8, 4) is 0 Å². The molecule has 0 saturated heterocycles. The fourth-order valence-corrected chi connectivity index (χ4v) is 2.60. The Morgan fingerprint density at radius 2 is 1.75 bits per heavy atom. The van der Waals surface area contributed by atoms with E-state index in [9.17, 15) is 9.59 Å². The van der Waals surface area contributed by atoms with Crippen molar-refractivity contribution in [2.24, 2.45) is 0 Å². The van der Waals surface area contributed by atoms with Gasteiger partial charge in [-0.05, 0) is 24.6 Å². The summed E-state index contributed by atoms with van der Waals surface area (Å²) in [5, 5.41) is 10.2. The third kappa shape index (κ3) is 1.67. The first-order valence-electron chi connectivity index (χ1n) is 6.43. The molecule has 0 fully saturated rings. The first kappa shape index (κ1) is 12.6. The number of carbonyl (C=O) groups is 2. The molecular formula is C15H14N2O3. The van der Waals surface area contributed by atoms with Crippen molar-refractivity contribution in [3.05, 3.63) is 41.5 Å². The lowest BCUT2D eigenvalue weighted by molar-refractivity contribution is 0.0601. The zero-order chi connectivity index (χ0) is 14.3. The first-order chi connectivity index (χ1) is 9.65. The Morgan fingerprint density at radius 3 is 2.45 bits per heavy atom. The molecule has 3 rings (SSSR count). The third-order valence-corrected chi connectivity index (χ3v) is 3.57. The van der Waals surface area contributed by atoms with Crippen molar-refractivity contribution < 1.29 is 14.7 Å². The molecule has 0 aliphatic carbocycles. The van der Waals surface area contributed by atoms with E-state index in [4.69, 9.17) is 10.8 Å². The van der Waals surface area contributed by atoms with Gasteiger partial charge in [-0.3, -0.25) is 14.5 Å². The summed E-state index contributed by atoms with van der Waals surface area (Å²) >= 11 is 0. The highest BCUT2D eigenvalue weighted by atomic mass is 16.3. The SMILES string of the molecule is Nc1ccc2c3c(cccc13)C(=O)N(CCCO)C2=O. The summed E-state index contributed by atoms with van der Waals surface area (Å²) in [6, 6.07) is 8.60. The van der Waals surface area contributed by atoms with Gasteiger partial charge in [0.05, 0.1) is 0 Å². The van der Waals surface area contributed by atoms with Gasteiger partial charge in [-0.2, -0.15) is 0 Å². The van der Waals surface area contributed by atoms with Gasteiger partial charge in [0.2, 0.25) is 0 Å². The summed E-state index contributed by atoms with van der Waals surface area (Å²) in [5.41, 5.74) is 7.44. The molecule has 2 aromatic rings. The van der Waals surface area contributed by atoms with Gasteiger partial charge < -0.3 is 10.8 Å². The van der Waals surface area contributed by atoms with Gasteiger partial charge in [0, 0.05) is 40.7 Å². The van der Waals surface area contributed by atoms with Crippen molar-refractivity contribution in [3.63, 3.8) is 0 Å². The average Bonchev–Trinajstić information content (AvgIpc) is 2.46. The molecule has 3 N–H and O–H groups in total. The van der Waals surface area contributed by atoms with E-state index in [1.54, 1.807) is 24.3 Å². The standard InChI is InChI=1S/C15H14N2O3/c16-12-6-5-11-13-9(12)3-1-4-10(13)14(19)17(15(11)20)7-2-8-18/h1,3-6,18H,2,7-8,16H2. The zero-order valence-corrected chi connectivity index (χ0v) is 10.8. The van der Waals surface area contributed by atoms with Crippen molar-refractivity contribution in [1.29, 1.82) is 0 Å². The number of nitrogen functional groups attached to an aromatic ring is 1. The number of hydrogen-bond acceptors (Lipinski definition) is 4. The molecule has 20 heavy (non-hydrogen) atoms. The van der Waals surface area contributed by atoms with Crippen LogP contribution in [0.4, 0.5) is 5.69 Å². The minimum Gasteiger partial charge on any atom is -0.398 e. The van der Waals surface area contributed by atoms with Gasteiger partial charge in [-0.15, -0.1) is 0 Å². The maximum atomic E-state index is 12.4. The van der Waals surface area contributed by atoms with Crippen LogP contribution in [0.1, 0.15) is 27.1 Å². The number of aliphatic hydroxyl groups excluding tert-OH is 1. The predicted octanol–water partition coefficient (Wildman–Crippen LogP) is 1.40. The number of hydrogen-bond donors (Lipinski definition) is 2. The van der Waals surface area contributed by atoms with E-state index in [0.717, 1.165) is 5.39 Å². The largest absolute Gasteiger partial charge is 0.398 e. The van der Waals surface area contributed by atoms with Gasteiger partial charge in [0.15, 0.2) is 0 Å². The summed E-state index contributed by atoms with van der Waals surface area (Å²) in [6.45, 7) is 0.157. The summed E-state index contributed by atoms with van der Waals surface area (Å²) in [6.07, 6.45) is 0.373. The minimum absolute atomic E-state index is 0.0597. The van der Waals surface area contributed by atoms with Gasteiger partial charge in [0.25, 0.3) is 11.8 Å². The minimum atomic E-state index is -0.327. The maximum absolute atomic E-state index is 12.4. The number of benzene rings is 2. The average molecular weight is 270 g/mol. The number of imide groups is 1. The Bertz CT molecular complexity index is 702. The van der Waals surface area contributed by atoms with E-state index in [1.807, 2.05) is 6.07 Å². The lowest BCUT2D eigenvalue weighted by Crippen LogP contribution is -2.41. The predicted molar refractivity (Wildman–Crippen MR) is 75.4 cm³/mol. The van der Waals surface area contributed by atoms with Crippen molar-refractivity contribution in [1.82, 2.24) is 4.90 Å². The lowest BCUT2D eigenvalue weighted by Gasteiger charge is -2.27. The molecule has 102 valence electrons. The summed E-state index contributed by atoms with van der Waals surface area (Å²) in [4.78, 5) is 26.0. The van der Waals surface area contributed by atoms with E-state index < -0.39 is 0 Å². The molecule has 0 spiro atoms. The molecule has 0 aromatic heterocycles. The van der Waals surface area contributed by atoms with Crippen LogP contribution in [0, 0.1) is 0 Å². The van der Waals surface area contributed by atoms with E-state index in [1.165, 1.54) is 4.90 Å². The van der Waals surface area contributed by atoms with E-state index in [2.05, 4.69) is 0 Å². The quantitative estimate of drug-likeness (QED) is 0.652. The Balaban J connectivity index is 2.23. The van der Waals surface area contributed by atoms with Crippen LogP contribution in [0.25, 0.3) is 10.8 Å². The summed E-state index contributed by atoms with van der Waals surface area (Å²) < 4.78 is 0. The van der Waals surface area contributed by atoms with Gasteiger partial charge in [0.1, 0.15) is 0 Å². The highest BCUT2D eigenvalue weighted by molar-refractivity contribution is 6.26. The normalized spacial score (nSPS) is 14.2. The lowest BCUT2D eigenvalue weighted by atomic mass is 9.93. The second-order valence-corrected chi connectivity index (χ2v) is 4.77. The number of anilines is 1. The Morgan fingerprint density at radius 1 is 1.05 bits per heavy atom. The molecule has 5 nitrogen and oxygen atoms in total. The van der Waals surface area contributed by atoms with Crippen LogP contribution in [-0.2, 0) is 0 Å². The van der Waals surface area contributed by atoms with Crippen LogP contribution in [0.3, 0.4) is 0 Å². The molecule has 0 atom stereocenters. The van der Waals surface area contributed by atoms with Gasteiger partial charge in [-0.1, -0.05) is 12.1 Å². The van der Waals surface area contributed by atoms with Crippen molar-refractivity contribution in [2.75, 3.05) is 18.9 Å². The summed E-state index contributed by atoms with van der Waals surface area (Å²) in [7, 11) is 0. The molecule has 2 amide bonds. The van der Waals surface area contributed by atoms with Crippen molar-refractivity contribution >= 4 is 28.3 Å². The maximum Gasteiger partial charge on any atom is 0.261 e. The number of aliphatic hydroxyl groups is 1. The third-order valence-electron chi connectivity index (χ3n) is 3.57. The Hall–Kier alpha value is -2.40. The number of carbonyl (C=O) groups excluding carboxylic acids is 2. The number of nitrogens with two attached hydrogens (primary N) is 1. The molecule has 0 radical (unpaired) electrons. The van der Waals surface area contributed by atoms with Crippen LogP contribution < -0.4 is 5.73 Å². The number of nitrogens with zero attached hydrogens (tertiary/aromatic N) is 1. The molecule has 1 aliphatic rings. The highest BCUT2D eigenvalue weighted by Gasteiger charge is 2.32. The van der Waals surface area contributed by atoms with Gasteiger partial charge in [-0.25, -0.2) is 0 Å². The van der Waals surface area contributed by atoms with Crippen molar-refractivity contribution in [2.45, 2.75) is 6.42 Å². The molecule has 1 heterocycles. The molecule has 2 aromatic carbocycles. The van der Waals surface area contributed by atoms with Crippen LogP contribution >= 0.6 is 0 Å². The second kappa shape index (κ2) is 4.61. The van der Waals surface area contributed by atoms with Crippen LogP contribution in [0.2, 0.25) is 0 Å². The molecular weight excluding hydrogens is 256 g/mol. The summed E-state index contributed by atoms with van der Waals surface area (Å²) in [5.74, 6) is -0.653. The first-order valence-corrected chi connectivity index (χ1v) is 6.43. The van der Waals surface area contributed by atoms with E-state index >= 15 is 0 Å². The fraction of sp³-hybridized carbons (Fsp3) is 0.200. The van der Waals surface area contributed by atoms with Crippen LogP contribution in [0.15, 0.2) is 30.3 Å². The number of amides is 2. The van der Waals surface area contributed by atoms with E-state index in [-0.39, 0.29) is 25.0 Å². The van der Waals surface area contributed by atoms with Gasteiger partial charge >= 0.3 is 0 Å². The molecule has 0 saturated carbocycles. The van der Waals surface area contributed by atoms with E-state index in [0.29, 0.717) is 28.6 Å². The molecule has 1 aliphatic heterocycles. The fourth-order valence-electron chi connectivity index (χ4n) is 2.60. The Labute approximate surface area is 115 Å². The van der Waals surface area contributed by atoms with Crippen LogP contribution in [0.5, 0.6) is 0 Å². The second-order valence-electron chi connectivity index (χ2n) is 4.77. The highest BCUT2D eigenvalue weighted by Crippen LogP contribution is 2.33. The molecule has 0 unspecified atom stereocenters. The molecule has 5 heteroatoms. The topological polar surface area (TPSA) is 83.6 Å². The smallest absolute Gasteiger partial charge is 0.261 e.